The van der Waals surface area contributed by atoms with Crippen LogP contribution in [0.2, 0.25) is 0 Å². The van der Waals surface area contributed by atoms with Crippen molar-refractivity contribution in [3.05, 3.63) is 28.3 Å². The molecule has 0 saturated heterocycles. The number of non-ortho nitro benzene ring substituents is 1. The molecule has 1 aromatic rings. The number of nitrogens with zero attached hydrogens (tertiary/aromatic N) is 1. The van der Waals surface area contributed by atoms with Gasteiger partial charge in [0.15, 0.2) is 0 Å². The lowest BCUT2D eigenvalue weighted by molar-refractivity contribution is -0.385. The van der Waals surface area contributed by atoms with Crippen LogP contribution in [0.15, 0.2) is 23.1 Å². The number of hydrazine groups is 1. The van der Waals surface area contributed by atoms with Gasteiger partial charge in [-0.25, -0.2) is 13.1 Å². The average molecular weight is 316 g/mol. The van der Waals surface area contributed by atoms with Gasteiger partial charge >= 0.3 is 0 Å². The lowest BCUT2D eigenvalue weighted by Crippen LogP contribution is -2.31. The van der Waals surface area contributed by atoms with E-state index in [1.165, 1.54) is 12.1 Å². The third-order valence-electron chi connectivity index (χ3n) is 3.35. The minimum atomic E-state index is -3.88. The number of nitrogens with two attached hydrogens (primary N) is 1. The van der Waals surface area contributed by atoms with E-state index in [0.29, 0.717) is 5.92 Å². The van der Waals surface area contributed by atoms with Gasteiger partial charge in [0, 0.05) is 18.7 Å². The molecule has 0 aromatic heterocycles. The fourth-order valence-corrected chi connectivity index (χ4v) is 2.85. The van der Waals surface area contributed by atoms with Gasteiger partial charge in [-0.1, -0.05) is 20.8 Å². The Kier molecular flexibility index (Phi) is 5.64. The highest BCUT2D eigenvalue weighted by Gasteiger charge is 2.23. The molecule has 8 nitrogen and oxygen atoms in total. The van der Waals surface area contributed by atoms with Crippen molar-refractivity contribution in [2.75, 3.05) is 12.0 Å². The van der Waals surface area contributed by atoms with E-state index < -0.39 is 14.9 Å². The molecule has 0 fully saturated rings. The number of nitro benzene ring substituents is 1. The maximum atomic E-state index is 12.3. The third-order valence-corrected chi connectivity index (χ3v) is 4.82. The lowest BCUT2D eigenvalue weighted by Gasteiger charge is -2.17. The van der Waals surface area contributed by atoms with Crippen molar-refractivity contribution in [2.45, 2.75) is 25.7 Å². The smallest absolute Gasteiger partial charge is 0.270 e. The minimum Gasteiger partial charge on any atom is -0.323 e. The van der Waals surface area contributed by atoms with Gasteiger partial charge in [-0.3, -0.25) is 16.0 Å². The molecule has 0 aliphatic carbocycles. The fourth-order valence-electron chi connectivity index (χ4n) is 1.52. The summed E-state index contributed by atoms with van der Waals surface area (Å²) in [7, 11) is -3.88. The van der Waals surface area contributed by atoms with Crippen LogP contribution >= 0.6 is 0 Å². The predicted molar refractivity (Wildman–Crippen MR) is 80.1 cm³/mol. The fraction of sp³-hybridized carbons (Fsp3) is 0.500. The largest absolute Gasteiger partial charge is 0.323 e. The Bertz CT molecular complexity index is 616. The molecule has 0 aliphatic heterocycles. The van der Waals surface area contributed by atoms with Crippen LogP contribution in [0.3, 0.4) is 0 Å². The van der Waals surface area contributed by atoms with E-state index in [9.17, 15) is 18.5 Å². The number of benzene rings is 1. The summed E-state index contributed by atoms with van der Waals surface area (Å²) < 4.78 is 27.0. The van der Waals surface area contributed by atoms with Gasteiger partial charge in [-0.2, -0.15) is 0 Å². The summed E-state index contributed by atoms with van der Waals surface area (Å²) in [6.45, 7) is 6.13. The number of nitrogens with one attached hydrogen (secondary N) is 2. The average Bonchev–Trinajstić information content (AvgIpc) is 2.43. The van der Waals surface area contributed by atoms with Crippen molar-refractivity contribution >= 4 is 21.4 Å². The van der Waals surface area contributed by atoms with Gasteiger partial charge < -0.3 is 5.43 Å². The molecule has 1 unspecified atom stereocenters. The molecular formula is C12H20N4O4S. The van der Waals surface area contributed by atoms with Crippen LogP contribution in [0.4, 0.5) is 11.4 Å². The number of anilines is 1. The number of hydrogen-bond acceptors (Lipinski definition) is 6. The lowest BCUT2D eigenvalue weighted by atomic mass is 9.99. The van der Waals surface area contributed by atoms with Crippen molar-refractivity contribution in [2.24, 2.45) is 17.7 Å². The van der Waals surface area contributed by atoms with Gasteiger partial charge in [0.25, 0.3) is 5.69 Å². The Morgan fingerprint density at radius 1 is 1.33 bits per heavy atom. The van der Waals surface area contributed by atoms with E-state index in [1.807, 2.05) is 20.8 Å². The van der Waals surface area contributed by atoms with Crippen molar-refractivity contribution in [3.8, 4) is 0 Å². The van der Waals surface area contributed by atoms with Crippen LogP contribution in [0, 0.1) is 22.0 Å². The molecule has 0 bridgehead atoms. The SMILES string of the molecule is CC(C)C(C)CNS(=O)(=O)c1cc([N+](=O)[O-])ccc1NN. The van der Waals surface area contributed by atoms with Crippen LogP contribution in [-0.2, 0) is 10.0 Å². The van der Waals surface area contributed by atoms with Gasteiger partial charge in [-0.05, 0) is 17.9 Å². The summed E-state index contributed by atoms with van der Waals surface area (Å²) in [6.07, 6.45) is 0. The van der Waals surface area contributed by atoms with E-state index >= 15 is 0 Å². The Labute approximate surface area is 123 Å². The Hall–Kier alpha value is -1.71. The zero-order valence-electron chi connectivity index (χ0n) is 12.2. The molecule has 0 spiro atoms. The van der Waals surface area contributed by atoms with Gasteiger partial charge in [-0.15, -0.1) is 0 Å². The molecular weight excluding hydrogens is 296 g/mol. The Morgan fingerprint density at radius 3 is 2.43 bits per heavy atom. The van der Waals surface area contributed by atoms with Gasteiger partial charge in [0.2, 0.25) is 10.0 Å². The highest BCUT2D eigenvalue weighted by atomic mass is 32.2. The standard InChI is InChI=1S/C12H20N4O4S/c1-8(2)9(3)7-14-21(19,20)12-6-10(16(17)18)4-5-11(12)15-13/h4-6,8-9,14-15H,7,13H2,1-3H3. The molecule has 0 aliphatic rings. The predicted octanol–water partition coefficient (Wildman–Crippen LogP) is 1.45. The van der Waals surface area contributed by atoms with Crippen molar-refractivity contribution < 1.29 is 13.3 Å². The second-order valence-electron chi connectivity index (χ2n) is 5.16. The van der Waals surface area contributed by atoms with Crippen molar-refractivity contribution in [3.63, 3.8) is 0 Å². The van der Waals surface area contributed by atoms with E-state index in [2.05, 4.69) is 10.1 Å². The van der Waals surface area contributed by atoms with Gasteiger partial charge in [0.1, 0.15) is 4.90 Å². The van der Waals surface area contributed by atoms with Crippen LogP contribution in [-0.4, -0.2) is 19.9 Å². The summed E-state index contributed by atoms with van der Waals surface area (Å²) in [6, 6.07) is 3.43. The summed E-state index contributed by atoms with van der Waals surface area (Å²) >= 11 is 0. The molecule has 1 rings (SSSR count). The maximum Gasteiger partial charge on any atom is 0.270 e. The molecule has 1 atom stereocenters. The van der Waals surface area contributed by atoms with Crippen LogP contribution in [0.1, 0.15) is 20.8 Å². The van der Waals surface area contributed by atoms with E-state index in [4.69, 9.17) is 5.84 Å². The normalized spacial score (nSPS) is 13.2. The first-order valence-electron chi connectivity index (χ1n) is 6.43. The zero-order valence-corrected chi connectivity index (χ0v) is 13.0. The molecule has 118 valence electrons. The maximum absolute atomic E-state index is 12.3. The number of sulfonamides is 1. The molecule has 0 heterocycles. The molecule has 4 N–H and O–H groups in total. The number of nitrogen functional groups attached to an aromatic ring is 1. The van der Waals surface area contributed by atoms with Crippen LogP contribution < -0.4 is 16.0 Å². The molecule has 21 heavy (non-hydrogen) atoms. The van der Waals surface area contributed by atoms with Crippen LogP contribution in [0.25, 0.3) is 0 Å². The van der Waals surface area contributed by atoms with Crippen molar-refractivity contribution in [1.29, 1.82) is 0 Å². The second kappa shape index (κ2) is 6.83. The zero-order chi connectivity index (χ0) is 16.2. The Morgan fingerprint density at radius 2 is 1.95 bits per heavy atom. The molecule has 9 heteroatoms. The number of hydrogen-bond donors (Lipinski definition) is 3. The highest BCUT2D eigenvalue weighted by Crippen LogP contribution is 2.25. The number of rotatable bonds is 7. The summed E-state index contributed by atoms with van der Waals surface area (Å²) in [5.41, 5.74) is 2.02. The van der Waals surface area contributed by atoms with E-state index in [0.717, 1.165) is 6.07 Å². The van der Waals surface area contributed by atoms with Gasteiger partial charge in [0.05, 0.1) is 10.6 Å². The summed E-state index contributed by atoms with van der Waals surface area (Å²) in [5, 5.41) is 10.8. The van der Waals surface area contributed by atoms with E-state index in [-0.39, 0.29) is 28.7 Å². The first-order valence-corrected chi connectivity index (χ1v) is 7.92. The molecule has 0 amide bonds. The quantitative estimate of drug-likeness (QED) is 0.397. The topological polar surface area (TPSA) is 127 Å². The first-order chi connectivity index (χ1) is 9.69. The van der Waals surface area contributed by atoms with Crippen LogP contribution in [0.5, 0.6) is 0 Å². The monoisotopic (exact) mass is 316 g/mol. The minimum absolute atomic E-state index is 0.102. The van der Waals surface area contributed by atoms with E-state index in [1.54, 1.807) is 0 Å². The summed E-state index contributed by atoms with van der Waals surface area (Å²) in [5.74, 6) is 5.71. The first kappa shape index (κ1) is 17.3. The molecule has 0 saturated carbocycles. The van der Waals surface area contributed by atoms with Crippen molar-refractivity contribution in [1.82, 2.24) is 4.72 Å². The third kappa shape index (κ3) is 4.38. The number of nitro groups is 1. The molecule has 1 aromatic carbocycles. The second-order valence-corrected chi connectivity index (χ2v) is 6.89. The molecule has 0 radical (unpaired) electrons. The highest BCUT2D eigenvalue weighted by molar-refractivity contribution is 7.89. The Balaban J connectivity index is 3.11. The summed E-state index contributed by atoms with van der Waals surface area (Å²) in [4.78, 5) is 9.88.